The fraction of sp³-hybridized carbons (Fsp3) is 0.778. The Morgan fingerprint density at radius 3 is 2.59 bits per heavy atom. The Bertz CT molecular complexity index is 460. The van der Waals surface area contributed by atoms with Crippen LogP contribution in [0.15, 0.2) is 0 Å². The molecule has 0 aromatic rings. The second kappa shape index (κ2) is 4.16. The number of hydrogen-bond donors (Lipinski definition) is 0. The molecule has 2 saturated heterocycles. The van der Waals surface area contributed by atoms with Crippen molar-refractivity contribution in [3.05, 3.63) is 0 Å². The van der Waals surface area contributed by atoms with E-state index < -0.39 is 28.0 Å². The molecule has 0 spiro atoms. The van der Waals surface area contributed by atoms with Gasteiger partial charge in [0.25, 0.3) is 5.91 Å². The molecule has 2 aliphatic rings. The van der Waals surface area contributed by atoms with E-state index in [-0.39, 0.29) is 11.8 Å². The van der Waals surface area contributed by atoms with Crippen LogP contribution in [0.2, 0.25) is 0 Å². The summed E-state index contributed by atoms with van der Waals surface area (Å²) in [6, 6.07) is -1.86. The average Bonchev–Trinajstić information content (AvgIpc) is 2.36. The van der Waals surface area contributed by atoms with Gasteiger partial charge in [-0.3, -0.25) is 9.69 Å². The molecular weight excluding hydrogens is 264 g/mol. The lowest BCUT2D eigenvalue weighted by Crippen LogP contribution is -2.42. The third kappa shape index (κ3) is 1.93. The molecule has 0 aromatic carbocycles. The van der Waals surface area contributed by atoms with Gasteiger partial charge in [-0.2, -0.15) is 11.8 Å². The summed E-state index contributed by atoms with van der Waals surface area (Å²) in [4.78, 5) is 25.1. The molecule has 0 bridgehead atoms. The normalized spacial score (nSPS) is 28.5. The summed E-state index contributed by atoms with van der Waals surface area (Å²) in [5.74, 6) is 0.298. The van der Waals surface area contributed by atoms with Crippen molar-refractivity contribution in [1.82, 2.24) is 9.21 Å². The first kappa shape index (κ1) is 12.7. The fourth-order valence-corrected chi connectivity index (χ4v) is 5.14. The molecular formula is C9H14N2O4S2. The summed E-state index contributed by atoms with van der Waals surface area (Å²) in [6.07, 6.45) is 0. The number of carbonyl (C=O) groups excluding carboxylic acids is 2. The molecule has 8 heteroatoms. The van der Waals surface area contributed by atoms with Crippen LogP contribution in [0.4, 0.5) is 4.79 Å². The van der Waals surface area contributed by atoms with Crippen molar-refractivity contribution in [2.24, 2.45) is 0 Å². The lowest BCUT2D eigenvalue weighted by atomic mass is 10.3. The first-order chi connectivity index (χ1) is 7.86. The first-order valence-electron chi connectivity index (χ1n) is 5.33. The zero-order chi connectivity index (χ0) is 12.8. The molecule has 3 amide bonds. The number of sulfonamides is 1. The molecule has 2 aliphatic heterocycles. The number of carbonyl (C=O) groups is 2. The molecule has 2 fully saturated rings. The Morgan fingerprint density at radius 1 is 1.35 bits per heavy atom. The van der Waals surface area contributed by atoms with Crippen LogP contribution in [0, 0.1) is 0 Å². The average molecular weight is 278 g/mol. The highest BCUT2D eigenvalue weighted by Gasteiger charge is 2.52. The minimum atomic E-state index is -3.64. The molecule has 2 heterocycles. The minimum absolute atomic E-state index is 0.0842. The maximum atomic E-state index is 12.0. The van der Waals surface area contributed by atoms with E-state index in [0.717, 1.165) is 9.21 Å². The van der Waals surface area contributed by atoms with Gasteiger partial charge in [-0.25, -0.2) is 17.5 Å². The molecule has 0 unspecified atom stereocenters. The minimum Gasteiger partial charge on any atom is -0.272 e. The van der Waals surface area contributed by atoms with Gasteiger partial charge in [-0.1, -0.05) is 0 Å². The van der Waals surface area contributed by atoms with Crippen LogP contribution in [0.25, 0.3) is 0 Å². The topological polar surface area (TPSA) is 74.8 Å². The van der Waals surface area contributed by atoms with Crippen molar-refractivity contribution in [3.63, 3.8) is 0 Å². The summed E-state index contributed by atoms with van der Waals surface area (Å²) < 4.78 is 24.6. The van der Waals surface area contributed by atoms with Gasteiger partial charge in [0.1, 0.15) is 6.04 Å². The molecule has 6 nitrogen and oxygen atoms in total. The molecule has 0 N–H and O–H groups in total. The van der Waals surface area contributed by atoms with E-state index in [0.29, 0.717) is 11.5 Å². The summed E-state index contributed by atoms with van der Waals surface area (Å²) >= 11 is 1.39. The number of urea groups is 1. The standard InChI is InChI=1S/C9H14N2O4S2/c1-6(2)10-8(12)7-5-16-3-4-17(14,15)11(7)9(10)13/h6-7H,3-5H2,1-2H3/t7-/m0/s1. The second-order valence-corrected chi connectivity index (χ2v) is 7.40. The van der Waals surface area contributed by atoms with Crippen LogP contribution in [0.1, 0.15) is 13.8 Å². The quantitative estimate of drug-likeness (QED) is 0.636. The largest absolute Gasteiger partial charge is 0.341 e. The van der Waals surface area contributed by atoms with Crippen LogP contribution in [-0.2, 0) is 14.8 Å². The van der Waals surface area contributed by atoms with Crippen molar-refractivity contribution < 1.29 is 18.0 Å². The molecule has 1 atom stereocenters. The highest BCUT2D eigenvalue weighted by Crippen LogP contribution is 2.29. The predicted octanol–water partition coefficient (Wildman–Crippen LogP) is 0.104. The third-order valence-electron chi connectivity index (χ3n) is 2.78. The van der Waals surface area contributed by atoms with Crippen molar-refractivity contribution in [2.75, 3.05) is 17.3 Å². The number of amides is 3. The van der Waals surface area contributed by atoms with Crippen LogP contribution in [0.5, 0.6) is 0 Å². The Balaban J connectivity index is 2.45. The van der Waals surface area contributed by atoms with Gasteiger partial charge in [0.05, 0.1) is 5.75 Å². The molecule has 0 aliphatic carbocycles. The van der Waals surface area contributed by atoms with E-state index in [1.54, 1.807) is 13.8 Å². The summed E-state index contributed by atoms with van der Waals surface area (Å²) in [6.45, 7) is 3.39. The second-order valence-electron chi connectivity index (χ2n) is 4.29. The highest BCUT2D eigenvalue weighted by atomic mass is 32.2. The molecule has 17 heavy (non-hydrogen) atoms. The van der Waals surface area contributed by atoms with Gasteiger partial charge in [-0.15, -0.1) is 0 Å². The third-order valence-corrected chi connectivity index (χ3v) is 5.81. The lowest BCUT2D eigenvalue weighted by Gasteiger charge is -2.19. The van der Waals surface area contributed by atoms with Gasteiger partial charge in [0.15, 0.2) is 0 Å². The summed E-state index contributed by atoms with van der Waals surface area (Å²) in [5.41, 5.74) is 0. The van der Waals surface area contributed by atoms with Crippen LogP contribution in [-0.4, -0.2) is 58.9 Å². The molecule has 0 radical (unpaired) electrons. The molecule has 0 saturated carbocycles. The number of hydrogen-bond acceptors (Lipinski definition) is 5. The predicted molar refractivity (Wildman–Crippen MR) is 64.1 cm³/mol. The van der Waals surface area contributed by atoms with Crippen LogP contribution < -0.4 is 0 Å². The summed E-state index contributed by atoms with van der Waals surface area (Å²) in [7, 11) is -3.64. The van der Waals surface area contributed by atoms with Crippen LogP contribution in [0.3, 0.4) is 0 Å². The van der Waals surface area contributed by atoms with Gasteiger partial charge >= 0.3 is 6.03 Å². The number of nitrogens with zero attached hydrogens (tertiary/aromatic N) is 2. The van der Waals surface area contributed by atoms with E-state index in [2.05, 4.69) is 0 Å². The van der Waals surface area contributed by atoms with Gasteiger partial charge < -0.3 is 0 Å². The van der Waals surface area contributed by atoms with E-state index in [1.807, 2.05) is 0 Å². The number of fused-ring (bicyclic) bond motifs is 1. The number of thioether (sulfide) groups is 1. The smallest absolute Gasteiger partial charge is 0.272 e. The monoisotopic (exact) mass is 278 g/mol. The molecule has 2 rings (SSSR count). The Labute approximate surface area is 104 Å². The summed E-state index contributed by atoms with van der Waals surface area (Å²) in [5, 5.41) is 0. The van der Waals surface area contributed by atoms with E-state index in [9.17, 15) is 18.0 Å². The Kier molecular flexibility index (Phi) is 3.11. The van der Waals surface area contributed by atoms with Gasteiger partial charge in [-0.05, 0) is 13.8 Å². The van der Waals surface area contributed by atoms with Crippen molar-refractivity contribution in [2.45, 2.75) is 25.9 Å². The lowest BCUT2D eigenvalue weighted by molar-refractivity contribution is -0.128. The number of imide groups is 1. The van der Waals surface area contributed by atoms with E-state index in [4.69, 9.17) is 0 Å². The Hall–Kier alpha value is -0.760. The van der Waals surface area contributed by atoms with Crippen molar-refractivity contribution in [3.8, 4) is 0 Å². The Morgan fingerprint density at radius 2 is 2.00 bits per heavy atom. The van der Waals surface area contributed by atoms with Gasteiger partial charge in [0.2, 0.25) is 10.0 Å². The maximum absolute atomic E-state index is 12.0. The van der Waals surface area contributed by atoms with Crippen molar-refractivity contribution >= 4 is 33.7 Å². The maximum Gasteiger partial charge on any atom is 0.341 e. The van der Waals surface area contributed by atoms with Crippen molar-refractivity contribution in [1.29, 1.82) is 0 Å². The zero-order valence-corrected chi connectivity index (χ0v) is 11.3. The first-order valence-corrected chi connectivity index (χ1v) is 8.09. The van der Waals surface area contributed by atoms with E-state index in [1.165, 1.54) is 11.8 Å². The fourth-order valence-electron chi connectivity index (χ4n) is 1.98. The van der Waals surface area contributed by atoms with E-state index >= 15 is 0 Å². The van der Waals surface area contributed by atoms with Crippen LogP contribution >= 0.6 is 11.8 Å². The SMILES string of the molecule is CC(C)N1C(=O)[C@@H]2CSCCS(=O)(=O)N2C1=O. The number of rotatable bonds is 1. The molecule has 0 aromatic heterocycles. The van der Waals surface area contributed by atoms with Gasteiger partial charge in [0, 0.05) is 17.5 Å². The highest BCUT2D eigenvalue weighted by molar-refractivity contribution is 8.01. The zero-order valence-electron chi connectivity index (χ0n) is 9.62. The molecule has 96 valence electrons.